The Balaban J connectivity index is 2.03. The van der Waals surface area contributed by atoms with Crippen LogP contribution >= 0.6 is 0 Å². The van der Waals surface area contributed by atoms with Gasteiger partial charge in [-0.05, 0) is 60.8 Å². The molecule has 0 fully saturated rings. The Morgan fingerprint density at radius 2 is 1.61 bits per heavy atom. The third-order valence-corrected chi connectivity index (χ3v) is 4.62. The van der Waals surface area contributed by atoms with Gasteiger partial charge >= 0.3 is 5.97 Å². The van der Waals surface area contributed by atoms with E-state index in [1.807, 2.05) is 44.2 Å². The second-order valence-corrected chi connectivity index (χ2v) is 7.04. The van der Waals surface area contributed by atoms with Gasteiger partial charge < -0.3 is 5.11 Å². The zero-order chi connectivity index (χ0) is 20.3. The maximum Gasteiger partial charge on any atom is 0.337 e. The number of hydrogen-bond acceptors (Lipinski definition) is 3. The number of rotatable bonds is 4. The minimum atomic E-state index is -0.998. The van der Waals surface area contributed by atoms with E-state index in [-0.39, 0.29) is 11.6 Å². The van der Waals surface area contributed by atoms with Crippen molar-refractivity contribution in [3.63, 3.8) is 0 Å². The highest BCUT2D eigenvalue weighted by Gasteiger charge is 2.24. The van der Waals surface area contributed by atoms with E-state index in [1.165, 1.54) is 11.1 Å². The van der Waals surface area contributed by atoms with Gasteiger partial charge in [-0.1, -0.05) is 48.5 Å². The van der Waals surface area contributed by atoms with Crippen LogP contribution in [0.3, 0.4) is 0 Å². The SMILES string of the molecule is CN=C1C=C(c2ccc(-c3ccccc3C)cc2)C=C(C(=O)O)C1=NC(C)C. The lowest BCUT2D eigenvalue weighted by molar-refractivity contribution is -0.132. The normalized spacial score (nSPS) is 17.0. The van der Waals surface area contributed by atoms with Gasteiger partial charge in [-0.2, -0.15) is 0 Å². The minimum absolute atomic E-state index is 0.0159. The first-order valence-electron chi connectivity index (χ1n) is 9.29. The lowest BCUT2D eigenvalue weighted by Gasteiger charge is -2.17. The fourth-order valence-electron chi connectivity index (χ4n) is 3.25. The van der Waals surface area contributed by atoms with Gasteiger partial charge in [0.05, 0.1) is 17.0 Å². The second-order valence-electron chi connectivity index (χ2n) is 7.04. The maximum atomic E-state index is 11.8. The Morgan fingerprint density at radius 3 is 2.18 bits per heavy atom. The molecule has 0 bridgehead atoms. The van der Waals surface area contributed by atoms with E-state index in [0.29, 0.717) is 11.4 Å². The standard InChI is InChI=1S/C24H24N2O2/c1-15(2)26-23-21(24(27)28)13-19(14-22(23)25-4)17-9-11-18(12-10-17)20-8-6-5-7-16(20)3/h5-15H,1-4H3,(H,27,28). The van der Waals surface area contributed by atoms with Gasteiger partial charge in [-0.3, -0.25) is 9.98 Å². The topological polar surface area (TPSA) is 62.0 Å². The van der Waals surface area contributed by atoms with Gasteiger partial charge in [0, 0.05) is 13.1 Å². The van der Waals surface area contributed by atoms with Crippen LogP contribution in [0, 0.1) is 6.92 Å². The predicted molar refractivity (Wildman–Crippen MR) is 116 cm³/mol. The van der Waals surface area contributed by atoms with Crippen molar-refractivity contribution in [2.45, 2.75) is 26.8 Å². The van der Waals surface area contributed by atoms with Crippen LogP contribution in [0.1, 0.15) is 25.0 Å². The predicted octanol–water partition coefficient (Wildman–Crippen LogP) is 4.99. The van der Waals surface area contributed by atoms with Crippen molar-refractivity contribution in [1.29, 1.82) is 0 Å². The molecule has 4 heteroatoms. The molecule has 0 spiro atoms. The molecule has 0 aliphatic heterocycles. The van der Waals surface area contributed by atoms with E-state index in [2.05, 4.69) is 41.2 Å². The smallest absolute Gasteiger partial charge is 0.337 e. The van der Waals surface area contributed by atoms with E-state index < -0.39 is 5.97 Å². The molecule has 28 heavy (non-hydrogen) atoms. The summed E-state index contributed by atoms with van der Waals surface area (Å²) < 4.78 is 0. The van der Waals surface area contributed by atoms with Crippen LogP contribution in [0.2, 0.25) is 0 Å². The zero-order valence-corrected chi connectivity index (χ0v) is 16.6. The minimum Gasteiger partial charge on any atom is -0.478 e. The number of benzene rings is 2. The van der Waals surface area contributed by atoms with E-state index in [9.17, 15) is 9.90 Å². The van der Waals surface area contributed by atoms with Gasteiger partial charge in [-0.25, -0.2) is 4.79 Å². The van der Waals surface area contributed by atoms with Crippen LogP contribution in [0.5, 0.6) is 0 Å². The molecule has 0 saturated heterocycles. The maximum absolute atomic E-state index is 11.8. The number of nitrogens with zero attached hydrogens (tertiary/aromatic N) is 2. The lowest BCUT2D eigenvalue weighted by atomic mass is 9.90. The number of carboxylic acid groups (broad SMARTS) is 1. The summed E-state index contributed by atoms with van der Waals surface area (Å²) in [5.41, 5.74) is 6.50. The van der Waals surface area contributed by atoms with Gasteiger partial charge in [-0.15, -0.1) is 0 Å². The highest BCUT2D eigenvalue weighted by molar-refractivity contribution is 6.58. The zero-order valence-electron chi connectivity index (χ0n) is 16.6. The van der Waals surface area contributed by atoms with Crippen LogP contribution in [0.15, 0.2) is 76.2 Å². The Kier molecular flexibility index (Phi) is 5.69. The highest BCUT2D eigenvalue weighted by atomic mass is 16.4. The molecule has 3 rings (SSSR count). The summed E-state index contributed by atoms with van der Waals surface area (Å²) in [6.07, 6.45) is 3.58. The van der Waals surface area contributed by atoms with Crippen molar-refractivity contribution >= 4 is 23.0 Å². The molecule has 0 radical (unpaired) electrons. The largest absolute Gasteiger partial charge is 0.478 e. The average Bonchev–Trinajstić information content (AvgIpc) is 2.68. The first-order chi connectivity index (χ1) is 13.4. The van der Waals surface area contributed by atoms with Crippen molar-refractivity contribution in [3.8, 4) is 11.1 Å². The summed E-state index contributed by atoms with van der Waals surface area (Å²) in [7, 11) is 1.66. The van der Waals surface area contributed by atoms with Crippen LogP contribution in [0.4, 0.5) is 0 Å². The molecule has 1 N–H and O–H groups in total. The third kappa shape index (κ3) is 4.01. The molecule has 1 aliphatic rings. The Bertz CT molecular complexity index is 1020. The van der Waals surface area contributed by atoms with E-state index >= 15 is 0 Å². The molecule has 2 aromatic rings. The van der Waals surface area contributed by atoms with Gasteiger partial charge in [0.15, 0.2) is 0 Å². The molecule has 0 unspecified atom stereocenters. The number of aliphatic carboxylic acids is 1. The summed E-state index contributed by atoms with van der Waals surface area (Å²) in [4.78, 5) is 20.6. The molecule has 2 aromatic carbocycles. The van der Waals surface area contributed by atoms with Crippen LogP contribution in [-0.2, 0) is 4.79 Å². The van der Waals surface area contributed by atoms with Crippen LogP contribution in [-0.4, -0.2) is 35.6 Å². The number of carbonyl (C=O) groups is 1. The highest BCUT2D eigenvalue weighted by Crippen LogP contribution is 2.28. The Morgan fingerprint density at radius 1 is 0.964 bits per heavy atom. The quantitative estimate of drug-likeness (QED) is 0.769. The van der Waals surface area contributed by atoms with Crippen molar-refractivity contribution < 1.29 is 9.90 Å². The van der Waals surface area contributed by atoms with Gasteiger partial charge in [0.25, 0.3) is 0 Å². The number of aliphatic imine (C=N–C) groups is 2. The lowest BCUT2D eigenvalue weighted by Crippen LogP contribution is -2.25. The molecule has 0 saturated carbocycles. The van der Waals surface area contributed by atoms with Crippen LogP contribution in [0.25, 0.3) is 16.7 Å². The van der Waals surface area contributed by atoms with Crippen molar-refractivity contribution in [2.24, 2.45) is 9.98 Å². The summed E-state index contributed by atoms with van der Waals surface area (Å²) in [6, 6.07) is 16.4. The van der Waals surface area contributed by atoms with Crippen molar-refractivity contribution in [2.75, 3.05) is 7.05 Å². The molecule has 1 aliphatic carbocycles. The molecular formula is C24H24N2O2. The van der Waals surface area contributed by atoms with Crippen LogP contribution < -0.4 is 0 Å². The van der Waals surface area contributed by atoms with E-state index in [0.717, 1.165) is 16.7 Å². The monoisotopic (exact) mass is 372 g/mol. The summed E-state index contributed by atoms with van der Waals surface area (Å²) >= 11 is 0. The Hall–Kier alpha value is -3.27. The van der Waals surface area contributed by atoms with E-state index in [1.54, 1.807) is 13.1 Å². The summed E-state index contributed by atoms with van der Waals surface area (Å²) in [5, 5.41) is 9.69. The van der Waals surface area contributed by atoms with E-state index in [4.69, 9.17) is 0 Å². The van der Waals surface area contributed by atoms with Crippen molar-refractivity contribution in [3.05, 3.63) is 77.4 Å². The fourth-order valence-corrected chi connectivity index (χ4v) is 3.25. The molecule has 4 nitrogen and oxygen atoms in total. The molecule has 142 valence electrons. The van der Waals surface area contributed by atoms with Gasteiger partial charge in [0.1, 0.15) is 0 Å². The Labute approximate surface area is 165 Å². The van der Waals surface area contributed by atoms with Gasteiger partial charge in [0.2, 0.25) is 0 Å². The number of hydrogen-bond donors (Lipinski definition) is 1. The van der Waals surface area contributed by atoms with Crippen molar-refractivity contribution in [1.82, 2.24) is 0 Å². The molecule has 0 heterocycles. The summed E-state index contributed by atoms with van der Waals surface area (Å²) in [5.74, 6) is -0.998. The average molecular weight is 372 g/mol. The first kappa shape index (κ1) is 19.5. The number of aryl methyl sites for hydroxylation is 1. The molecule has 0 aromatic heterocycles. The second kappa shape index (κ2) is 8.17. The summed E-state index contributed by atoms with van der Waals surface area (Å²) in [6.45, 7) is 5.93. The first-order valence-corrected chi connectivity index (χ1v) is 9.29. The fraction of sp³-hybridized carbons (Fsp3) is 0.208. The molecule has 0 atom stereocenters. The number of carboxylic acids is 1. The molecule has 0 amide bonds. The third-order valence-electron chi connectivity index (χ3n) is 4.62. The molecular weight excluding hydrogens is 348 g/mol. The number of allylic oxidation sites excluding steroid dienone is 3.